The van der Waals surface area contributed by atoms with Crippen molar-refractivity contribution in [2.24, 2.45) is 0 Å². The molecule has 19 heavy (non-hydrogen) atoms. The van der Waals surface area contributed by atoms with Gasteiger partial charge in [-0.25, -0.2) is 13.6 Å². The van der Waals surface area contributed by atoms with Crippen LogP contribution in [0.1, 0.15) is 28.2 Å². The number of aliphatic hydroxyl groups is 1. The molecule has 0 aromatic rings. The number of hydrogen-bond donors (Lipinski definition) is 2. The molecule has 1 fully saturated rings. The van der Waals surface area contributed by atoms with Crippen molar-refractivity contribution in [1.82, 2.24) is 10.2 Å². The van der Waals surface area contributed by atoms with Crippen molar-refractivity contribution in [2.45, 2.75) is 52.4 Å². The van der Waals surface area contributed by atoms with Crippen molar-refractivity contribution in [3.05, 3.63) is 0 Å². The minimum atomic E-state index is -2.83. The number of ether oxygens (including phenoxy) is 1. The third-order valence-electron chi connectivity index (χ3n) is 2.53. The van der Waals surface area contributed by atoms with Gasteiger partial charge >= 0.3 is 6.09 Å². The Morgan fingerprint density at radius 3 is 2.53 bits per heavy atom. The molecule has 114 valence electrons. The third kappa shape index (κ3) is 5.69. The Labute approximate surface area is 112 Å². The van der Waals surface area contributed by atoms with Gasteiger partial charge < -0.3 is 20.1 Å². The topological polar surface area (TPSA) is 61.8 Å². The minimum absolute atomic E-state index is 0. The summed E-state index contributed by atoms with van der Waals surface area (Å²) in [6.45, 7) is 5.95. The van der Waals surface area contributed by atoms with E-state index in [2.05, 4.69) is 5.32 Å². The van der Waals surface area contributed by atoms with E-state index in [9.17, 15) is 18.7 Å². The van der Waals surface area contributed by atoms with Crippen LogP contribution in [0.25, 0.3) is 0 Å². The first-order valence-electron chi connectivity index (χ1n) is 5.88. The van der Waals surface area contributed by atoms with Crippen LogP contribution >= 0.6 is 0 Å². The Hall–Kier alpha value is -0.950. The highest BCUT2D eigenvalue weighted by molar-refractivity contribution is 5.68. The number of carbonyl (C=O) groups excluding carboxylic acids is 1. The van der Waals surface area contributed by atoms with Crippen LogP contribution in [0.5, 0.6) is 0 Å². The maximum Gasteiger partial charge on any atom is 0.410 e. The molecular weight excluding hydrogens is 258 g/mol. The molecule has 7 heteroatoms. The van der Waals surface area contributed by atoms with Crippen LogP contribution in [-0.2, 0) is 4.74 Å². The molecule has 0 radical (unpaired) electrons. The first-order chi connectivity index (χ1) is 8.20. The molecule has 0 aromatic heterocycles. The first kappa shape index (κ1) is 18.0. The Morgan fingerprint density at radius 2 is 2.05 bits per heavy atom. The number of carbonyl (C=O) groups is 1. The molecule has 5 nitrogen and oxygen atoms in total. The molecule has 1 saturated heterocycles. The van der Waals surface area contributed by atoms with Crippen LogP contribution in [0.2, 0.25) is 0 Å². The van der Waals surface area contributed by atoms with E-state index in [0.717, 1.165) is 0 Å². The lowest BCUT2D eigenvalue weighted by molar-refractivity contribution is -0.0419. The van der Waals surface area contributed by atoms with E-state index in [-0.39, 0.29) is 14.0 Å². The summed E-state index contributed by atoms with van der Waals surface area (Å²) in [5.74, 6) is 0. The van der Waals surface area contributed by atoms with Crippen molar-refractivity contribution >= 4 is 6.09 Å². The predicted molar refractivity (Wildman–Crippen MR) is 68.3 cm³/mol. The van der Waals surface area contributed by atoms with Crippen LogP contribution < -0.4 is 5.32 Å². The van der Waals surface area contributed by atoms with Gasteiger partial charge in [0.1, 0.15) is 11.7 Å². The first-order valence-corrected chi connectivity index (χ1v) is 5.88. The van der Waals surface area contributed by atoms with Crippen LogP contribution in [0.4, 0.5) is 13.6 Å². The molecule has 1 aliphatic heterocycles. The third-order valence-corrected chi connectivity index (χ3v) is 2.53. The van der Waals surface area contributed by atoms with E-state index in [1.54, 1.807) is 20.8 Å². The van der Waals surface area contributed by atoms with Gasteiger partial charge in [0, 0.05) is 19.6 Å². The van der Waals surface area contributed by atoms with Crippen molar-refractivity contribution < 1.29 is 23.4 Å². The maximum absolute atomic E-state index is 12.4. The molecule has 1 heterocycles. The van der Waals surface area contributed by atoms with Gasteiger partial charge in [-0.15, -0.1) is 0 Å². The molecule has 1 aliphatic rings. The minimum Gasteiger partial charge on any atom is -0.444 e. The molecule has 0 aliphatic carbocycles. The van der Waals surface area contributed by atoms with E-state index < -0.39 is 30.3 Å². The molecule has 2 atom stereocenters. The Kier molecular flexibility index (Phi) is 6.65. The highest BCUT2D eigenvalue weighted by Gasteiger charge is 2.34. The summed E-state index contributed by atoms with van der Waals surface area (Å²) in [5.41, 5.74) is -0.626. The van der Waals surface area contributed by atoms with Crippen molar-refractivity contribution in [1.29, 1.82) is 0 Å². The summed E-state index contributed by atoms with van der Waals surface area (Å²) in [6, 6.07) is -0.828. The van der Waals surface area contributed by atoms with E-state index in [4.69, 9.17) is 4.74 Å². The van der Waals surface area contributed by atoms with Gasteiger partial charge in [-0.1, -0.05) is 7.43 Å². The number of amides is 1. The molecular formula is C12H24F2N2O3. The summed E-state index contributed by atoms with van der Waals surface area (Å²) >= 11 is 0. The molecule has 2 N–H and O–H groups in total. The highest BCUT2D eigenvalue weighted by Crippen LogP contribution is 2.14. The molecule has 0 aromatic carbocycles. The van der Waals surface area contributed by atoms with E-state index in [1.165, 1.54) is 4.90 Å². The van der Waals surface area contributed by atoms with Crippen LogP contribution in [0.3, 0.4) is 0 Å². The molecule has 1 rings (SSSR count). The lowest BCUT2D eigenvalue weighted by Crippen LogP contribution is -2.59. The van der Waals surface area contributed by atoms with Gasteiger partial charge in [-0.2, -0.15) is 0 Å². The van der Waals surface area contributed by atoms with E-state index in [1.807, 2.05) is 0 Å². The summed E-state index contributed by atoms with van der Waals surface area (Å²) in [4.78, 5) is 13.1. The van der Waals surface area contributed by atoms with Gasteiger partial charge in [0.05, 0.1) is 6.04 Å². The van der Waals surface area contributed by atoms with E-state index in [0.29, 0.717) is 13.1 Å². The largest absolute Gasteiger partial charge is 0.444 e. The van der Waals surface area contributed by atoms with Gasteiger partial charge in [0.15, 0.2) is 0 Å². The zero-order valence-electron chi connectivity index (χ0n) is 10.8. The fourth-order valence-corrected chi connectivity index (χ4v) is 1.67. The fraction of sp³-hybridized carbons (Fsp3) is 0.917. The van der Waals surface area contributed by atoms with Crippen molar-refractivity contribution in [3.63, 3.8) is 0 Å². The Bertz CT molecular complexity index is 295. The second-order valence-electron chi connectivity index (χ2n) is 5.31. The zero-order chi connectivity index (χ0) is 13.9. The Balaban J connectivity index is 0.00000324. The van der Waals surface area contributed by atoms with Crippen molar-refractivity contribution in [3.8, 4) is 0 Å². The number of nitrogens with zero attached hydrogens (tertiary/aromatic N) is 1. The van der Waals surface area contributed by atoms with Gasteiger partial charge in [0.25, 0.3) is 6.43 Å². The number of aliphatic hydroxyl groups excluding tert-OH is 1. The van der Waals surface area contributed by atoms with Gasteiger partial charge in [-0.3, -0.25) is 0 Å². The quantitative estimate of drug-likeness (QED) is 0.805. The second kappa shape index (κ2) is 7.00. The molecule has 0 saturated carbocycles. The van der Waals surface area contributed by atoms with Crippen LogP contribution in [-0.4, -0.2) is 59.9 Å². The lowest BCUT2D eigenvalue weighted by atomic mass is 10.1. The highest BCUT2D eigenvalue weighted by atomic mass is 19.3. The number of hydrogen-bond acceptors (Lipinski definition) is 4. The summed E-state index contributed by atoms with van der Waals surface area (Å²) in [5, 5.41) is 12.1. The van der Waals surface area contributed by atoms with Gasteiger partial charge in [0.2, 0.25) is 0 Å². The second-order valence-corrected chi connectivity index (χ2v) is 5.31. The van der Waals surface area contributed by atoms with Crippen LogP contribution in [0.15, 0.2) is 0 Å². The standard InChI is InChI=1S/C11H20F2N2O3.CH4/c1-11(2,3)18-10(17)15-5-4-14-7(6-15)8(16)9(12)13;/h7-9,14,16H,4-6H2,1-3H3;1H4. The summed E-state index contributed by atoms with van der Waals surface area (Å²) in [7, 11) is 0. The monoisotopic (exact) mass is 282 g/mol. The molecule has 1 amide bonds. The number of halogens is 2. The molecule has 0 bridgehead atoms. The fourth-order valence-electron chi connectivity index (χ4n) is 1.67. The molecule has 2 unspecified atom stereocenters. The normalized spacial score (nSPS) is 21.8. The molecule has 0 spiro atoms. The average Bonchev–Trinajstić information content (AvgIpc) is 2.25. The SMILES string of the molecule is C.CC(C)(C)OC(=O)N1CCNC(C(O)C(F)F)C1. The number of nitrogens with one attached hydrogen (secondary N) is 1. The van der Waals surface area contributed by atoms with Crippen molar-refractivity contribution in [2.75, 3.05) is 19.6 Å². The van der Waals surface area contributed by atoms with E-state index >= 15 is 0 Å². The van der Waals surface area contributed by atoms with Gasteiger partial charge in [-0.05, 0) is 20.8 Å². The average molecular weight is 282 g/mol. The Morgan fingerprint density at radius 1 is 1.47 bits per heavy atom. The maximum atomic E-state index is 12.4. The number of alkyl halides is 2. The summed E-state index contributed by atoms with van der Waals surface area (Å²) in [6.07, 6.45) is -5.16. The predicted octanol–water partition coefficient (Wildman–Crippen LogP) is 1.46. The number of piperazine rings is 1. The van der Waals surface area contributed by atoms with Crippen LogP contribution in [0, 0.1) is 0 Å². The lowest BCUT2D eigenvalue weighted by Gasteiger charge is -2.36. The smallest absolute Gasteiger partial charge is 0.410 e. The summed E-state index contributed by atoms with van der Waals surface area (Å²) < 4.78 is 29.9. The number of rotatable bonds is 2. The zero-order valence-corrected chi connectivity index (χ0v) is 10.8.